The lowest BCUT2D eigenvalue weighted by Gasteiger charge is -2.39. The third-order valence-corrected chi connectivity index (χ3v) is 3.46. The van der Waals surface area contributed by atoms with E-state index in [2.05, 4.69) is 18.8 Å². The quantitative estimate of drug-likeness (QED) is 0.807. The number of anilines is 1. The molecule has 0 saturated carbocycles. The molecular weight excluding hydrogens is 214 g/mol. The van der Waals surface area contributed by atoms with Gasteiger partial charge >= 0.3 is 0 Å². The summed E-state index contributed by atoms with van der Waals surface area (Å²) in [6, 6.07) is 4.04. The van der Waals surface area contributed by atoms with E-state index in [1.165, 1.54) is 6.42 Å². The number of nitrogens with zero attached hydrogens (tertiary/aromatic N) is 2. The van der Waals surface area contributed by atoms with Crippen LogP contribution in [-0.4, -0.2) is 27.9 Å². The Morgan fingerprint density at radius 2 is 2.00 bits per heavy atom. The maximum absolute atomic E-state index is 12.4. The number of nitrogens with two attached hydrogens (primary N) is 1. The molecule has 0 aromatic carbocycles. The zero-order valence-electron chi connectivity index (χ0n) is 10.4. The van der Waals surface area contributed by atoms with Crippen molar-refractivity contribution in [3.05, 3.63) is 23.9 Å². The monoisotopic (exact) mass is 233 g/mol. The van der Waals surface area contributed by atoms with Crippen molar-refractivity contribution in [2.75, 3.05) is 5.73 Å². The van der Waals surface area contributed by atoms with Crippen molar-refractivity contribution in [1.29, 1.82) is 0 Å². The van der Waals surface area contributed by atoms with Gasteiger partial charge in [0.05, 0.1) is 5.56 Å². The molecule has 1 amide bonds. The molecule has 4 heteroatoms. The van der Waals surface area contributed by atoms with Gasteiger partial charge in [-0.25, -0.2) is 4.98 Å². The van der Waals surface area contributed by atoms with E-state index < -0.39 is 0 Å². The average Bonchev–Trinajstić information content (AvgIpc) is 2.29. The van der Waals surface area contributed by atoms with Gasteiger partial charge in [-0.15, -0.1) is 0 Å². The van der Waals surface area contributed by atoms with Crippen LogP contribution in [0, 0.1) is 0 Å². The molecule has 0 spiro atoms. The molecule has 2 atom stereocenters. The first-order chi connectivity index (χ1) is 8.09. The molecule has 17 heavy (non-hydrogen) atoms. The van der Waals surface area contributed by atoms with Crippen molar-refractivity contribution in [3.8, 4) is 0 Å². The Balaban J connectivity index is 2.20. The highest BCUT2D eigenvalue weighted by Gasteiger charge is 2.29. The van der Waals surface area contributed by atoms with Gasteiger partial charge in [-0.3, -0.25) is 4.79 Å². The fraction of sp³-hybridized carbons (Fsp3) is 0.538. The molecule has 0 radical (unpaired) electrons. The van der Waals surface area contributed by atoms with E-state index in [9.17, 15) is 4.79 Å². The molecule has 1 aromatic rings. The molecule has 0 aliphatic carbocycles. The van der Waals surface area contributed by atoms with Crippen LogP contribution in [-0.2, 0) is 0 Å². The maximum atomic E-state index is 12.4. The van der Waals surface area contributed by atoms with Crippen molar-refractivity contribution in [3.63, 3.8) is 0 Å². The number of nitrogen functional groups attached to an aromatic ring is 1. The molecule has 4 nitrogen and oxygen atoms in total. The van der Waals surface area contributed by atoms with Gasteiger partial charge in [-0.1, -0.05) is 0 Å². The number of likely N-dealkylation sites (tertiary alicyclic amines) is 1. The molecule has 2 unspecified atom stereocenters. The van der Waals surface area contributed by atoms with Crippen LogP contribution in [0.5, 0.6) is 0 Å². The Morgan fingerprint density at radius 3 is 2.53 bits per heavy atom. The molecule has 1 aliphatic rings. The number of carbonyl (C=O) groups excluding carboxylic acids is 1. The summed E-state index contributed by atoms with van der Waals surface area (Å²) >= 11 is 0. The minimum Gasteiger partial charge on any atom is -0.384 e. The van der Waals surface area contributed by atoms with Gasteiger partial charge in [0.1, 0.15) is 5.82 Å². The van der Waals surface area contributed by atoms with Gasteiger partial charge in [-0.05, 0) is 45.2 Å². The van der Waals surface area contributed by atoms with Crippen LogP contribution in [0.25, 0.3) is 0 Å². The van der Waals surface area contributed by atoms with Gasteiger partial charge in [0, 0.05) is 18.3 Å². The van der Waals surface area contributed by atoms with Gasteiger partial charge in [0.2, 0.25) is 0 Å². The smallest absolute Gasteiger partial charge is 0.255 e. The summed E-state index contributed by atoms with van der Waals surface area (Å²) in [5, 5.41) is 0. The van der Waals surface area contributed by atoms with Crippen LogP contribution < -0.4 is 5.73 Å². The first-order valence-corrected chi connectivity index (χ1v) is 6.14. The van der Waals surface area contributed by atoms with Crippen LogP contribution in [0.15, 0.2) is 18.3 Å². The summed E-state index contributed by atoms with van der Waals surface area (Å²) in [4.78, 5) is 18.3. The fourth-order valence-corrected chi connectivity index (χ4v) is 2.50. The van der Waals surface area contributed by atoms with E-state index in [1.54, 1.807) is 18.3 Å². The second-order valence-corrected chi connectivity index (χ2v) is 4.81. The highest BCUT2D eigenvalue weighted by atomic mass is 16.2. The van der Waals surface area contributed by atoms with E-state index in [0.29, 0.717) is 23.5 Å². The van der Waals surface area contributed by atoms with Gasteiger partial charge in [0.15, 0.2) is 0 Å². The minimum atomic E-state index is 0.0669. The molecule has 0 bridgehead atoms. The maximum Gasteiger partial charge on any atom is 0.255 e. The predicted molar refractivity (Wildman–Crippen MR) is 67.6 cm³/mol. The molecule has 2 rings (SSSR count). The van der Waals surface area contributed by atoms with Crippen LogP contribution >= 0.6 is 0 Å². The van der Waals surface area contributed by atoms with Gasteiger partial charge in [-0.2, -0.15) is 0 Å². The minimum absolute atomic E-state index is 0.0669. The fourth-order valence-electron chi connectivity index (χ4n) is 2.50. The Bertz CT molecular complexity index is 392. The van der Waals surface area contributed by atoms with E-state index in [0.717, 1.165) is 12.8 Å². The van der Waals surface area contributed by atoms with Crippen molar-refractivity contribution >= 4 is 11.7 Å². The van der Waals surface area contributed by atoms with E-state index in [4.69, 9.17) is 5.73 Å². The summed E-state index contributed by atoms with van der Waals surface area (Å²) < 4.78 is 0. The van der Waals surface area contributed by atoms with E-state index in [-0.39, 0.29) is 5.91 Å². The number of aromatic nitrogens is 1. The number of carbonyl (C=O) groups is 1. The number of pyridine rings is 1. The highest BCUT2D eigenvalue weighted by Crippen LogP contribution is 2.24. The zero-order chi connectivity index (χ0) is 12.4. The lowest BCUT2D eigenvalue weighted by Crippen LogP contribution is -2.47. The molecule has 1 fully saturated rings. The van der Waals surface area contributed by atoms with Crippen LogP contribution in [0.4, 0.5) is 5.82 Å². The molecule has 2 heterocycles. The number of piperidine rings is 1. The van der Waals surface area contributed by atoms with Crippen LogP contribution in [0.1, 0.15) is 43.5 Å². The Hall–Kier alpha value is -1.58. The van der Waals surface area contributed by atoms with Crippen molar-refractivity contribution in [2.24, 2.45) is 0 Å². The number of amides is 1. The molecule has 2 N–H and O–H groups in total. The van der Waals surface area contributed by atoms with Crippen LogP contribution in [0.2, 0.25) is 0 Å². The van der Waals surface area contributed by atoms with E-state index in [1.807, 2.05) is 4.90 Å². The SMILES string of the molecule is CC1CCCC(C)N1C(=O)c1ccc(N)nc1. The molecule has 1 aliphatic heterocycles. The number of rotatable bonds is 1. The zero-order valence-corrected chi connectivity index (χ0v) is 10.4. The number of hydrogen-bond donors (Lipinski definition) is 1. The third kappa shape index (κ3) is 2.40. The molecule has 1 aromatic heterocycles. The average molecular weight is 233 g/mol. The molecule has 92 valence electrons. The van der Waals surface area contributed by atoms with E-state index >= 15 is 0 Å². The summed E-state index contributed by atoms with van der Waals surface area (Å²) in [6.45, 7) is 4.22. The van der Waals surface area contributed by atoms with Gasteiger partial charge in [0.25, 0.3) is 5.91 Å². The van der Waals surface area contributed by atoms with Crippen molar-refractivity contribution in [2.45, 2.75) is 45.2 Å². The Labute approximate surface area is 102 Å². The Kier molecular flexibility index (Phi) is 3.31. The summed E-state index contributed by atoms with van der Waals surface area (Å²) in [5.41, 5.74) is 6.15. The van der Waals surface area contributed by atoms with Crippen molar-refractivity contribution in [1.82, 2.24) is 9.88 Å². The lowest BCUT2D eigenvalue weighted by atomic mass is 9.96. The largest absolute Gasteiger partial charge is 0.384 e. The number of hydrogen-bond acceptors (Lipinski definition) is 3. The van der Waals surface area contributed by atoms with Gasteiger partial charge < -0.3 is 10.6 Å². The predicted octanol–water partition coefficient (Wildman–Crippen LogP) is 2.07. The summed E-state index contributed by atoms with van der Waals surface area (Å²) in [6.07, 6.45) is 4.93. The third-order valence-electron chi connectivity index (χ3n) is 3.46. The normalized spacial score (nSPS) is 24.7. The topological polar surface area (TPSA) is 59.2 Å². The summed E-state index contributed by atoms with van der Waals surface area (Å²) in [5.74, 6) is 0.512. The second kappa shape index (κ2) is 4.73. The molecular formula is C13H19N3O. The molecule has 1 saturated heterocycles. The first kappa shape index (κ1) is 11.9. The second-order valence-electron chi connectivity index (χ2n) is 4.81. The lowest BCUT2D eigenvalue weighted by molar-refractivity contribution is 0.0510. The van der Waals surface area contributed by atoms with Crippen molar-refractivity contribution < 1.29 is 4.79 Å². The first-order valence-electron chi connectivity index (χ1n) is 6.14. The highest BCUT2D eigenvalue weighted by molar-refractivity contribution is 5.94. The van der Waals surface area contributed by atoms with Crippen LogP contribution in [0.3, 0.4) is 0 Å². The standard InChI is InChI=1S/C13H19N3O/c1-9-4-3-5-10(2)16(9)13(17)11-6-7-12(14)15-8-11/h6-10H,3-5H2,1-2H3,(H2,14,15). The Morgan fingerprint density at radius 1 is 1.35 bits per heavy atom. The summed E-state index contributed by atoms with van der Waals surface area (Å²) in [7, 11) is 0.